The summed E-state index contributed by atoms with van der Waals surface area (Å²) in [5, 5.41) is 11.3. The SMILES string of the molecule is Cc1cc(C(C)Cc2cn[nH]n2)ccc1Cl. The summed E-state index contributed by atoms with van der Waals surface area (Å²) in [5.74, 6) is 0.418. The number of halogens is 1. The number of aromatic amines is 1. The van der Waals surface area contributed by atoms with Gasteiger partial charge in [-0.15, -0.1) is 0 Å². The molecule has 1 heterocycles. The monoisotopic (exact) mass is 235 g/mol. The van der Waals surface area contributed by atoms with E-state index in [1.54, 1.807) is 6.20 Å². The quantitative estimate of drug-likeness (QED) is 0.888. The minimum Gasteiger partial charge on any atom is -0.198 e. The standard InChI is InChI=1S/C12H14ClN3/c1-8(6-11-7-14-16-15-11)10-3-4-12(13)9(2)5-10/h3-5,7-8H,6H2,1-2H3,(H,14,15,16). The van der Waals surface area contributed by atoms with Crippen LogP contribution in [-0.4, -0.2) is 15.4 Å². The molecular formula is C12H14ClN3. The van der Waals surface area contributed by atoms with Crippen LogP contribution in [0.5, 0.6) is 0 Å². The first-order valence-corrected chi connectivity index (χ1v) is 5.65. The van der Waals surface area contributed by atoms with Crippen LogP contribution in [0.4, 0.5) is 0 Å². The zero-order valence-corrected chi connectivity index (χ0v) is 10.1. The van der Waals surface area contributed by atoms with Crippen molar-refractivity contribution in [3.05, 3.63) is 46.2 Å². The Labute approximate surface area is 99.8 Å². The third-order valence-electron chi connectivity index (χ3n) is 2.73. The predicted molar refractivity (Wildman–Crippen MR) is 64.7 cm³/mol. The van der Waals surface area contributed by atoms with Crippen LogP contribution in [-0.2, 0) is 6.42 Å². The molecule has 0 saturated carbocycles. The average molecular weight is 236 g/mol. The maximum atomic E-state index is 6.00. The molecule has 3 nitrogen and oxygen atoms in total. The summed E-state index contributed by atoms with van der Waals surface area (Å²) in [6, 6.07) is 6.15. The van der Waals surface area contributed by atoms with E-state index in [9.17, 15) is 0 Å². The molecule has 2 rings (SSSR count). The molecule has 0 radical (unpaired) electrons. The Morgan fingerprint density at radius 2 is 2.25 bits per heavy atom. The molecule has 84 valence electrons. The molecule has 1 N–H and O–H groups in total. The molecule has 16 heavy (non-hydrogen) atoms. The van der Waals surface area contributed by atoms with Crippen molar-refractivity contribution in [2.75, 3.05) is 0 Å². The van der Waals surface area contributed by atoms with Gasteiger partial charge in [-0.05, 0) is 36.5 Å². The number of nitrogens with one attached hydrogen (secondary N) is 1. The van der Waals surface area contributed by atoms with E-state index in [-0.39, 0.29) is 0 Å². The summed E-state index contributed by atoms with van der Waals surface area (Å²) in [6.07, 6.45) is 2.65. The number of nitrogens with zero attached hydrogens (tertiary/aromatic N) is 2. The molecule has 2 aromatic rings. The molecule has 4 heteroatoms. The van der Waals surface area contributed by atoms with Gasteiger partial charge in [0, 0.05) is 5.02 Å². The molecule has 1 atom stereocenters. The third-order valence-corrected chi connectivity index (χ3v) is 3.16. The van der Waals surface area contributed by atoms with Crippen molar-refractivity contribution in [3.8, 4) is 0 Å². The first-order chi connectivity index (χ1) is 7.66. The molecule has 0 fully saturated rings. The smallest absolute Gasteiger partial charge is 0.0830 e. The Hall–Kier alpha value is -1.35. The third kappa shape index (κ3) is 2.42. The number of hydrogen-bond donors (Lipinski definition) is 1. The number of aryl methyl sites for hydroxylation is 1. The second-order valence-electron chi connectivity index (χ2n) is 4.08. The summed E-state index contributed by atoms with van der Waals surface area (Å²) in [5.41, 5.74) is 3.39. The lowest BCUT2D eigenvalue weighted by atomic mass is 9.95. The van der Waals surface area contributed by atoms with Crippen LogP contribution in [0.25, 0.3) is 0 Å². The number of H-pyrrole nitrogens is 1. The van der Waals surface area contributed by atoms with Gasteiger partial charge in [-0.1, -0.05) is 30.7 Å². The fourth-order valence-electron chi connectivity index (χ4n) is 1.73. The molecule has 0 aliphatic heterocycles. The van der Waals surface area contributed by atoms with Gasteiger partial charge in [-0.25, -0.2) is 0 Å². The highest BCUT2D eigenvalue weighted by atomic mass is 35.5. The van der Waals surface area contributed by atoms with Crippen molar-refractivity contribution < 1.29 is 0 Å². The van der Waals surface area contributed by atoms with Gasteiger partial charge in [0.15, 0.2) is 0 Å². The van der Waals surface area contributed by atoms with Crippen LogP contribution < -0.4 is 0 Å². The Morgan fingerprint density at radius 1 is 1.44 bits per heavy atom. The van der Waals surface area contributed by atoms with Gasteiger partial charge in [0.2, 0.25) is 0 Å². The minimum atomic E-state index is 0.418. The average Bonchev–Trinajstić information content (AvgIpc) is 2.74. The van der Waals surface area contributed by atoms with Crippen LogP contribution in [0.15, 0.2) is 24.4 Å². The molecule has 1 unspecified atom stereocenters. The molecule has 0 aliphatic rings. The number of rotatable bonds is 3. The van der Waals surface area contributed by atoms with E-state index in [0.717, 1.165) is 22.7 Å². The lowest BCUT2D eigenvalue weighted by Gasteiger charge is -2.11. The van der Waals surface area contributed by atoms with Crippen molar-refractivity contribution in [1.29, 1.82) is 0 Å². The van der Waals surface area contributed by atoms with Crippen molar-refractivity contribution in [2.24, 2.45) is 0 Å². The molecule has 0 saturated heterocycles. The van der Waals surface area contributed by atoms with Gasteiger partial charge in [0.1, 0.15) is 0 Å². The lowest BCUT2D eigenvalue weighted by Crippen LogP contribution is -1.99. The summed E-state index contributed by atoms with van der Waals surface area (Å²) >= 11 is 6.00. The lowest BCUT2D eigenvalue weighted by molar-refractivity contribution is 0.735. The van der Waals surface area contributed by atoms with Gasteiger partial charge in [0.05, 0.1) is 11.9 Å². The normalized spacial score (nSPS) is 12.7. The van der Waals surface area contributed by atoms with E-state index >= 15 is 0 Å². The minimum absolute atomic E-state index is 0.418. The van der Waals surface area contributed by atoms with Crippen molar-refractivity contribution >= 4 is 11.6 Å². The van der Waals surface area contributed by atoms with E-state index in [0.29, 0.717) is 5.92 Å². The van der Waals surface area contributed by atoms with Crippen molar-refractivity contribution in [1.82, 2.24) is 15.4 Å². The van der Waals surface area contributed by atoms with Crippen LogP contribution in [0.1, 0.15) is 29.7 Å². The Balaban J connectivity index is 2.14. The Morgan fingerprint density at radius 3 is 2.88 bits per heavy atom. The van der Waals surface area contributed by atoms with Gasteiger partial charge < -0.3 is 0 Å². The summed E-state index contributed by atoms with van der Waals surface area (Å²) in [7, 11) is 0. The van der Waals surface area contributed by atoms with E-state index < -0.39 is 0 Å². The zero-order valence-electron chi connectivity index (χ0n) is 9.37. The predicted octanol–water partition coefficient (Wildman–Crippen LogP) is 3.11. The molecule has 0 bridgehead atoms. The maximum Gasteiger partial charge on any atom is 0.0830 e. The number of hydrogen-bond acceptors (Lipinski definition) is 2. The second kappa shape index (κ2) is 4.66. The van der Waals surface area contributed by atoms with Crippen molar-refractivity contribution in [3.63, 3.8) is 0 Å². The summed E-state index contributed by atoms with van der Waals surface area (Å²) < 4.78 is 0. The highest BCUT2D eigenvalue weighted by Gasteiger charge is 2.09. The highest BCUT2D eigenvalue weighted by Crippen LogP contribution is 2.23. The molecule has 0 amide bonds. The van der Waals surface area contributed by atoms with Crippen molar-refractivity contribution in [2.45, 2.75) is 26.2 Å². The van der Waals surface area contributed by atoms with Crippen LogP contribution in [0, 0.1) is 6.92 Å². The topological polar surface area (TPSA) is 41.6 Å². The van der Waals surface area contributed by atoms with Gasteiger partial charge in [0.25, 0.3) is 0 Å². The highest BCUT2D eigenvalue weighted by molar-refractivity contribution is 6.31. The first-order valence-electron chi connectivity index (χ1n) is 5.27. The molecule has 0 aliphatic carbocycles. The Bertz CT molecular complexity index is 465. The fraction of sp³-hybridized carbons (Fsp3) is 0.333. The van der Waals surface area contributed by atoms with Crippen LogP contribution in [0.3, 0.4) is 0 Å². The Kier molecular flexibility index (Phi) is 3.25. The van der Waals surface area contributed by atoms with E-state index in [1.807, 2.05) is 13.0 Å². The molecule has 1 aromatic carbocycles. The fourth-order valence-corrected chi connectivity index (χ4v) is 1.85. The second-order valence-corrected chi connectivity index (χ2v) is 4.48. The van der Waals surface area contributed by atoms with Gasteiger partial charge in [-0.2, -0.15) is 15.4 Å². The molecule has 1 aromatic heterocycles. The van der Waals surface area contributed by atoms with E-state index in [2.05, 4.69) is 34.5 Å². The molecule has 0 spiro atoms. The maximum absolute atomic E-state index is 6.00. The van der Waals surface area contributed by atoms with Crippen LogP contribution >= 0.6 is 11.6 Å². The number of aromatic nitrogens is 3. The first kappa shape index (κ1) is 11.1. The summed E-state index contributed by atoms with van der Waals surface area (Å²) in [6.45, 7) is 4.20. The van der Waals surface area contributed by atoms with Gasteiger partial charge >= 0.3 is 0 Å². The summed E-state index contributed by atoms with van der Waals surface area (Å²) in [4.78, 5) is 0. The largest absolute Gasteiger partial charge is 0.198 e. The van der Waals surface area contributed by atoms with Crippen LogP contribution in [0.2, 0.25) is 5.02 Å². The zero-order chi connectivity index (χ0) is 11.5. The van der Waals surface area contributed by atoms with E-state index in [1.165, 1.54) is 5.56 Å². The van der Waals surface area contributed by atoms with E-state index in [4.69, 9.17) is 11.6 Å². The van der Waals surface area contributed by atoms with Gasteiger partial charge in [-0.3, -0.25) is 0 Å². The number of benzene rings is 1. The molecular weight excluding hydrogens is 222 g/mol.